The molecule has 8 heteroatoms. The Kier molecular flexibility index (Phi) is 6.64. The Morgan fingerprint density at radius 2 is 1.78 bits per heavy atom. The molecular weight excluding hydrogens is 468 g/mol. The fraction of sp³-hybridized carbons (Fsp3) is 0.207. The lowest BCUT2D eigenvalue weighted by Crippen LogP contribution is -2.45. The number of aromatic nitrogens is 2. The molecule has 2 amide bonds. The van der Waals surface area contributed by atoms with Crippen LogP contribution in [0.15, 0.2) is 83.0 Å². The molecule has 1 unspecified atom stereocenters. The van der Waals surface area contributed by atoms with E-state index in [1.165, 1.54) is 12.7 Å². The Hall–Kier alpha value is -4.59. The molecule has 4 aromatic rings. The van der Waals surface area contributed by atoms with Crippen molar-refractivity contribution in [1.29, 1.82) is 0 Å². The number of aryl methyl sites for hydroxylation is 1. The minimum Gasteiger partial charge on any atom is -0.504 e. The summed E-state index contributed by atoms with van der Waals surface area (Å²) < 4.78 is 10.9. The van der Waals surface area contributed by atoms with Gasteiger partial charge in [0.25, 0.3) is 5.89 Å². The number of nitrogens with zero attached hydrogens (tertiary/aromatic N) is 3. The molecule has 8 nitrogen and oxygen atoms in total. The van der Waals surface area contributed by atoms with Crippen LogP contribution in [0.25, 0.3) is 17.0 Å². The number of phenols is 1. The zero-order chi connectivity index (χ0) is 25.9. The molecule has 37 heavy (non-hydrogen) atoms. The average molecular weight is 497 g/mol. The Morgan fingerprint density at radius 1 is 1.05 bits per heavy atom. The van der Waals surface area contributed by atoms with Gasteiger partial charge in [0.05, 0.1) is 25.3 Å². The fourth-order valence-corrected chi connectivity index (χ4v) is 4.49. The van der Waals surface area contributed by atoms with Crippen LogP contribution in [0.3, 0.4) is 0 Å². The van der Waals surface area contributed by atoms with Crippen LogP contribution in [0.4, 0.5) is 4.79 Å². The van der Waals surface area contributed by atoms with Crippen LogP contribution in [0.5, 0.6) is 11.5 Å². The van der Waals surface area contributed by atoms with Crippen LogP contribution in [0.1, 0.15) is 42.5 Å². The first-order valence-electron chi connectivity index (χ1n) is 12.1. The van der Waals surface area contributed by atoms with Gasteiger partial charge in [-0.25, -0.2) is 4.79 Å². The number of hydrogen-bond acceptors (Lipinski definition) is 6. The van der Waals surface area contributed by atoms with E-state index in [9.17, 15) is 9.90 Å². The third kappa shape index (κ3) is 4.78. The van der Waals surface area contributed by atoms with Crippen LogP contribution < -0.4 is 10.1 Å². The van der Waals surface area contributed by atoms with E-state index in [2.05, 4.69) is 34.5 Å². The topological polar surface area (TPSA) is 101 Å². The lowest BCUT2D eigenvalue weighted by molar-refractivity contribution is 0.203. The second kappa shape index (κ2) is 10.2. The Balaban J connectivity index is 1.59. The van der Waals surface area contributed by atoms with Crippen LogP contribution >= 0.6 is 0 Å². The van der Waals surface area contributed by atoms with Gasteiger partial charge >= 0.3 is 6.03 Å². The van der Waals surface area contributed by atoms with Crippen molar-refractivity contribution in [2.24, 2.45) is 0 Å². The van der Waals surface area contributed by atoms with E-state index in [0.717, 1.165) is 17.5 Å². The highest BCUT2D eigenvalue weighted by atomic mass is 16.5. The maximum absolute atomic E-state index is 13.4. The van der Waals surface area contributed by atoms with E-state index in [-0.39, 0.29) is 11.8 Å². The van der Waals surface area contributed by atoms with Crippen molar-refractivity contribution >= 4 is 11.6 Å². The van der Waals surface area contributed by atoms with E-state index in [1.54, 1.807) is 23.1 Å². The van der Waals surface area contributed by atoms with Gasteiger partial charge in [0, 0.05) is 11.3 Å². The number of urea groups is 1. The second-order valence-corrected chi connectivity index (χ2v) is 8.86. The van der Waals surface area contributed by atoms with Gasteiger partial charge in [-0.1, -0.05) is 72.7 Å². The average Bonchev–Trinajstić information content (AvgIpc) is 3.41. The fourth-order valence-electron chi connectivity index (χ4n) is 4.49. The van der Waals surface area contributed by atoms with Crippen molar-refractivity contribution in [3.05, 3.63) is 101 Å². The van der Waals surface area contributed by atoms with E-state index < -0.39 is 6.04 Å². The van der Waals surface area contributed by atoms with Crippen LogP contribution in [-0.2, 0) is 13.0 Å². The lowest BCUT2D eigenvalue weighted by atomic mass is 9.94. The molecule has 1 aromatic heterocycles. The number of rotatable bonds is 7. The maximum atomic E-state index is 13.4. The van der Waals surface area contributed by atoms with E-state index in [0.29, 0.717) is 40.8 Å². The molecule has 0 saturated carbocycles. The molecule has 5 rings (SSSR count). The number of ether oxygens (including phenoxy) is 1. The zero-order valence-electron chi connectivity index (χ0n) is 20.9. The van der Waals surface area contributed by atoms with Crippen LogP contribution in [0.2, 0.25) is 0 Å². The van der Waals surface area contributed by atoms with Gasteiger partial charge in [-0.3, -0.25) is 4.90 Å². The first kappa shape index (κ1) is 24.1. The van der Waals surface area contributed by atoms with Gasteiger partial charge in [-0.05, 0) is 42.2 Å². The summed E-state index contributed by atoms with van der Waals surface area (Å²) in [5.74, 6) is 1.06. The molecule has 2 heterocycles. The maximum Gasteiger partial charge on any atom is 0.322 e. The van der Waals surface area contributed by atoms with E-state index in [4.69, 9.17) is 9.26 Å². The molecule has 1 atom stereocenters. The SMILES string of the molecule is CCc1ccc(CN2C(=O)NC(c3ccc(OC)c(O)c3)C(c3nc(-c4ccccc4)no3)=C2C)cc1. The second-order valence-electron chi connectivity index (χ2n) is 8.86. The summed E-state index contributed by atoms with van der Waals surface area (Å²) in [4.78, 5) is 19.7. The summed E-state index contributed by atoms with van der Waals surface area (Å²) in [6, 6.07) is 21.9. The first-order chi connectivity index (χ1) is 18.0. The van der Waals surface area contributed by atoms with Crippen molar-refractivity contribution in [3.8, 4) is 22.9 Å². The van der Waals surface area contributed by atoms with Gasteiger partial charge in [-0.2, -0.15) is 4.98 Å². The Bertz CT molecular complexity index is 1440. The molecule has 0 fully saturated rings. The highest BCUT2D eigenvalue weighted by molar-refractivity contribution is 5.87. The van der Waals surface area contributed by atoms with Crippen molar-refractivity contribution in [2.75, 3.05) is 7.11 Å². The number of methoxy groups -OCH3 is 1. The third-order valence-corrected chi connectivity index (χ3v) is 6.59. The number of nitrogens with one attached hydrogen (secondary N) is 1. The monoisotopic (exact) mass is 496 g/mol. The first-order valence-corrected chi connectivity index (χ1v) is 12.1. The number of hydrogen-bond donors (Lipinski definition) is 2. The van der Waals surface area contributed by atoms with Crippen molar-refractivity contribution in [1.82, 2.24) is 20.4 Å². The highest BCUT2D eigenvalue weighted by Gasteiger charge is 2.36. The molecule has 1 aliphatic heterocycles. The molecule has 0 radical (unpaired) electrons. The molecule has 0 spiro atoms. The van der Waals surface area contributed by atoms with Crippen molar-refractivity contribution in [3.63, 3.8) is 0 Å². The van der Waals surface area contributed by atoms with Gasteiger partial charge in [0.15, 0.2) is 11.5 Å². The van der Waals surface area contributed by atoms with Crippen LogP contribution in [0, 0.1) is 0 Å². The lowest BCUT2D eigenvalue weighted by Gasteiger charge is -2.35. The van der Waals surface area contributed by atoms with Gasteiger partial charge < -0.3 is 19.7 Å². The zero-order valence-corrected chi connectivity index (χ0v) is 20.9. The van der Waals surface area contributed by atoms with E-state index >= 15 is 0 Å². The number of carbonyl (C=O) groups excluding carboxylic acids is 1. The number of amides is 2. The van der Waals surface area contributed by atoms with Gasteiger partial charge in [-0.15, -0.1) is 0 Å². The molecule has 188 valence electrons. The summed E-state index contributed by atoms with van der Waals surface area (Å²) in [7, 11) is 1.49. The minimum atomic E-state index is -0.618. The van der Waals surface area contributed by atoms with Crippen LogP contribution in [-0.4, -0.2) is 33.3 Å². The summed E-state index contributed by atoms with van der Waals surface area (Å²) in [5.41, 5.74) is 5.06. The predicted octanol–water partition coefficient (Wildman–Crippen LogP) is 5.71. The number of allylic oxidation sites excluding steroid dienone is 1. The van der Waals surface area contributed by atoms with Gasteiger partial charge in [0.1, 0.15) is 0 Å². The third-order valence-electron chi connectivity index (χ3n) is 6.59. The number of carbonyl (C=O) groups is 1. The molecule has 0 saturated heterocycles. The van der Waals surface area contributed by atoms with Crippen molar-refractivity contribution in [2.45, 2.75) is 32.9 Å². The summed E-state index contributed by atoms with van der Waals surface area (Å²) in [6.45, 7) is 4.36. The molecule has 3 aromatic carbocycles. The van der Waals surface area contributed by atoms with Gasteiger partial charge in [0.2, 0.25) is 5.82 Å². The molecule has 0 aliphatic carbocycles. The summed E-state index contributed by atoms with van der Waals surface area (Å²) in [5, 5.41) is 17.7. The standard InChI is InChI=1S/C29H28N4O4/c1-4-19-10-12-20(13-11-19)17-33-18(2)25(28-31-27(32-37-28)21-8-6-5-7-9-21)26(30-29(33)35)22-14-15-24(36-3)23(34)16-22/h5-16,26,34H,4,17H2,1-3H3,(H,30,35). The number of aromatic hydroxyl groups is 1. The highest BCUT2D eigenvalue weighted by Crippen LogP contribution is 2.40. The minimum absolute atomic E-state index is 0.0276. The van der Waals surface area contributed by atoms with Crippen molar-refractivity contribution < 1.29 is 19.2 Å². The molecule has 0 bridgehead atoms. The van der Waals surface area contributed by atoms with E-state index in [1.807, 2.05) is 49.4 Å². The normalized spacial score (nSPS) is 15.6. The Morgan fingerprint density at radius 3 is 2.46 bits per heavy atom. The number of phenolic OH excluding ortho intramolecular Hbond substituents is 1. The summed E-state index contributed by atoms with van der Waals surface area (Å²) in [6.07, 6.45) is 0.949. The molecule has 2 N–H and O–H groups in total. The smallest absolute Gasteiger partial charge is 0.322 e. The quantitative estimate of drug-likeness (QED) is 0.340. The predicted molar refractivity (Wildman–Crippen MR) is 140 cm³/mol. The molecule has 1 aliphatic rings. The Labute approximate surface area is 215 Å². The summed E-state index contributed by atoms with van der Waals surface area (Å²) >= 11 is 0. The molecular formula is C29H28N4O4. The largest absolute Gasteiger partial charge is 0.504 e. The number of benzene rings is 3.